The van der Waals surface area contributed by atoms with E-state index in [2.05, 4.69) is 35.9 Å². The minimum Gasteiger partial charge on any atom is -0.342 e. The third kappa shape index (κ3) is 3.10. The SMILES string of the molecule is O=c1c2cc(Br)ccc2nc(C(S)c2ncnc3nc[nH]c23)n1-c1ccccc1Cl. The van der Waals surface area contributed by atoms with E-state index in [0.29, 0.717) is 44.3 Å². The molecule has 0 spiro atoms. The van der Waals surface area contributed by atoms with Crippen LogP contribution in [0.5, 0.6) is 0 Å². The summed E-state index contributed by atoms with van der Waals surface area (Å²) in [7, 11) is 0. The lowest BCUT2D eigenvalue weighted by Gasteiger charge is -2.19. The first-order valence-electron chi connectivity index (χ1n) is 8.84. The van der Waals surface area contributed by atoms with Gasteiger partial charge in [-0.1, -0.05) is 39.7 Å². The van der Waals surface area contributed by atoms with Gasteiger partial charge < -0.3 is 4.98 Å². The number of H-pyrrole nitrogens is 1. The smallest absolute Gasteiger partial charge is 0.266 e. The maximum absolute atomic E-state index is 13.6. The molecular formula is C20H12BrClN6OS. The Balaban J connectivity index is 1.86. The summed E-state index contributed by atoms with van der Waals surface area (Å²) in [5.41, 5.74) is 2.52. The first-order chi connectivity index (χ1) is 14.5. The fourth-order valence-corrected chi connectivity index (χ4v) is 4.29. The average Bonchev–Trinajstić information content (AvgIpc) is 3.23. The van der Waals surface area contributed by atoms with Crippen LogP contribution in [-0.4, -0.2) is 29.5 Å². The monoisotopic (exact) mass is 498 g/mol. The third-order valence-electron chi connectivity index (χ3n) is 4.71. The summed E-state index contributed by atoms with van der Waals surface area (Å²) in [6, 6.07) is 12.5. The van der Waals surface area contributed by atoms with Gasteiger partial charge in [0.05, 0.1) is 33.6 Å². The molecule has 3 aromatic heterocycles. The van der Waals surface area contributed by atoms with Gasteiger partial charge in [0.1, 0.15) is 22.9 Å². The molecule has 1 atom stereocenters. The minimum absolute atomic E-state index is 0.252. The third-order valence-corrected chi connectivity index (χ3v) is 5.99. The predicted octanol–water partition coefficient (Wildman–Crippen LogP) is 4.49. The molecule has 0 saturated carbocycles. The van der Waals surface area contributed by atoms with Crippen LogP contribution >= 0.6 is 40.2 Å². The van der Waals surface area contributed by atoms with E-state index in [1.807, 2.05) is 12.1 Å². The number of aromatic nitrogens is 6. The Morgan fingerprint density at radius 2 is 1.97 bits per heavy atom. The second kappa shape index (κ2) is 7.50. The molecule has 1 unspecified atom stereocenters. The van der Waals surface area contributed by atoms with Gasteiger partial charge in [0.25, 0.3) is 5.56 Å². The van der Waals surface area contributed by atoms with Gasteiger partial charge in [0, 0.05) is 4.47 Å². The fraction of sp³-hybridized carbons (Fsp3) is 0.0500. The summed E-state index contributed by atoms with van der Waals surface area (Å²) in [6.07, 6.45) is 2.95. The van der Waals surface area contributed by atoms with Crippen LogP contribution in [0.3, 0.4) is 0 Å². The van der Waals surface area contributed by atoms with Gasteiger partial charge in [-0.25, -0.2) is 19.9 Å². The Kier molecular flexibility index (Phi) is 4.80. The number of rotatable bonds is 3. The maximum atomic E-state index is 13.6. The number of halogens is 2. The molecule has 10 heteroatoms. The van der Waals surface area contributed by atoms with Crippen LogP contribution in [0.4, 0.5) is 0 Å². The highest BCUT2D eigenvalue weighted by molar-refractivity contribution is 9.10. The van der Waals surface area contributed by atoms with Crippen molar-refractivity contribution >= 4 is 62.2 Å². The highest BCUT2D eigenvalue weighted by atomic mass is 79.9. The first kappa shape index (κ1) is 19.2. The van der Waals surface area contributed by atoms with Crippen molar-refractivity contribution in [3.8, 4) is 5.69 Å². The molecule has 0 saturated heterocycles. The number of imidazole rings is 1. The van der Waals surface area contributed by atoms with Crippen molar-refractivity contribution in [3.63, 3.8) is 0 Å². The molecule has 7 nitrogen and oxygen atoms in total. The van der Waals surface area contributed by atoms with Gasteiger partial charge in [-0.15, -0.1) is 0 Å². The highest BCUT2D eigenvalue weighted by Gasteiger charge is 2.24. The normalized spacial score (nSPS) is 12.5. The standard InChI is InChI=1S/C20H12BrClN6OS/c21-10-5-6-13-11(7-10)20(29)28(14-4-2-1-3-12(14)22)19(27-13)17(30)15-16-18(25-8-23-15)26-9-24-16/h1-9,17,30H,(H,23,24,25,26). The summed E-state index contributed by atoms with van der Waals surface area (Å²) < 4.78 is 2.27. The summed E-state index contributed by atoms with van der Waals surface area (Å²) >= 11 is 14.7. The lowest BCUT2D eigenvalue weighted by atomic mass is 10.2. The van der Waals surface area contributed by atoms with Crippen molar-refractivity contribution in [2.45, 2.75) is 5.25 Å². The van der Waals surface area contributed by atoms with Crippen LogP contribution in [0.15, 0.2) is 64.4 Å². The number of para-hydroxylation sites is 1. The van der Waals surface area contributed by atoms with Crippen molar-refractivity contribution in [3.05, 3.63) is 86.5 Å². The van der Waals surface area contributed by atoms with Crippen LogP contribution in [0.25, 0.3) is 27.8 Å². The van der Waals surface area contributed by atoms with Gasteiger partial charge in [-0.2, -0.15) is 12.6 Å². The molecule has 0 aliphatic carbocycles. The zero-order valence-corrected chi connectivity index (χ0v) is 18.4. The summed E-state index contributed by atoms with van der Waals surface area (Å²) in [5, 5.41) is 0.239. The van der Waals surface area contributed by atoms with E-state index in [9.17, 15) is 4.79 Å². The number of nitrogens with one attached hydrogen (secondary N) is 1. The number of thiol groups is 1. The number of hydrogen-bond acceptors (Lipinski definition) is 6. The molecule has 0 bridgehead atoms. The lowest BCUT2D eigenvalue weighted by Crippen LogP contribution is -2.25. The number of benzene rings is 2. The predicted molar refractivity (Wildman–Crippen MR) is 123 cm³/mol. The molecule has 0 radical (unpaired) electrons. The maximum Gasteiger partial charge on any atom is 0.266 e. The van der Waals surface area contributed by atoms with Crippen molar-refractivity contribution < 1.29 is 0 Å². The molecule has 148 valence electrons. The Bertz CT molecular complexity index is 1480. The molecule has 0 aliphatic heterocycles. The molecule has 3 heterocycles. The fourth-order valence-electron chi connectivity index (χ4n) is 3.34. The molecule has 30 heavy (non-hydrogen) atoms. The van der Waals surface area contributed by atoms with E-state index in [1.165, 1.54) is 17.2 Å². The number of hydrogen-bond donors (Lipinski definition) is 2. The number of aromatic amines is 1. The van der Waals surface area contributed by atoms with E-state index in [4.69, 9.17) is 29.2 Å². The average molecular weight is 500 g/mol. The molecule has 1 N–H and O–H groups in total. The largest absolute Gasteiger partial charge is 0.342 e. The van der Waals surface area contributed by atoms with Crippen LogP contribution in [0, 0.1) is 0 Å². The number of nitrogens with zero attached hydrogens (tertiary/aromatic N) is 5. The summed E-state index contributed by atoms with van der Waals surface area (Å²) in [4.78, 5) is 34.1. The molecule has 0 amide bonds. The summed E-state index contributed by atoms with van der Waals surface area (Å²) in [6.45, 7) is 0. The minimum atomic E-state index is -0.645. The zero-order chi connectivity index (χ0) is 20.8. The Labute approximate surface area is 188 Å². The van der Waals surface area contributed by atoms with Crippen LogP contribution < -0.4 is 5.56 Å². The van der Waals surface area contributed by atoms with E-state index in [-0.39, 0.29) is 5.56 Å². The topological polar surface area (TPSA) is 89.3 Å². The molecule has 0 fully saturated rings. The van der Waals surface area contributed by atoms with E-state index < -0.39 is 5.25 Å². The Morgan fingerprint density at radius 3 is 2.80 bits per heavy atom. The molecule has 5 rings (SSSR count). The first-order valence-corrected chi connectivity index (χ1v) is 10.5. The van der Waals surface area contributed by atoms with E-state index >= 15 is 0 Å². The second-order valence-corrected chi connectivity index (χ2v) is 8.33. The molecular weight excluding hydrogens is 488 g/mol. The van der Waals surface area contributed by atoms with Crippen molar-refractivity contribution in [2.24, 2.45) is 0 Å². The Hall–Kier alpha value is -2.75. The highest BCUT2D eigenvalue weighted by Crippen LogP contribution is 2.32. The lowest BCUT2D eigenvalue weighted by molar-refractivity contribution is 0.829. The van der Waals surface area contributed by atoms with Gasteiger partial charge in [-0.3, -0.25) is 9.36 Å². The molecule has 2 aromatic carbocycles. The van der Waals surface area contributed by atoms with Gasteiger partial charge in [0.15, 0.2) is 5.65 Å². The van der Waals surface area contributed by atoms with Crippen LogP contribution in [0.1, 0.15) is 16.8 Å². The number of fused-ring (bicyclic) bond motifs is 2. The zero-order valence-electron chi connectivity index (χ0n) is 15.1. The van der Waals surface area contributed by atoms with Crippen LogP contribution in [-0.2, 0) is 0 Å². The molecule has 0 aliphatic rings. The van der Waals surface area contributed by atoms with Gasteiger partial charge >= 0.3 is 0 Å². The quantitative estimate of drug-likeness (QED) is 0.357. The van der Waals surface area contributed by atoms with Crippen molar-refractivity contribution in [1.82, 2.24) is 29.5 Å². The van der Waals surface area contributed by atoms with E-state index in [1.54, 1.807) is 30.3 Å². The van der Waals surface area contributed by atoms with Gasteiger partial charge in [-0.05, 0) is 30.3 Å². The second-order valence-electron chi connectivity index (χ2n) is 6.49. The van der Waals surface area contributed by atoms with Gasteiger partial charge in [0.2, 0.25) is 0 Å². The van der Waals surface area contributed by atoms with Crippen LogP contribution in [0.2, 0.25) is 5.02 Å². The van der Waals surface area contributed by atoms with Crippen molar-refractivity contribution in [2.75, 3.05) is 0 Å². The summed E-state index contributed by atoms with van der Waals surface area (Å²) in [5.74, 6) is 0.390. The Morgan fingerprint density at radius 1 is 1.13 bits per heavy atom. The van der Waals surface area contributed by atoms with E-state index in [0.717, 1.165) is 4.47 Å². The van der Waals surface area contributed by atoms with Crippen molar-refractivity contribution in [1.29, 1.82) is 0 Å². The molecule has 5 aromatic rings.